The van der Waals surface area contributed by atoms with Gasteiger partial charge in [-0.15, -0.1) is 0 Å². The maximum atomic E-state index is 4.46. The van der Waals surface area contributed by atoms with E-state index >= 15 is 0 Å². The third kappa shape index (κ3) is 5.08. The summed E-state index contributed by atoms with van der Waals surface area (Å²) in [6.45, 7) is 4.96. The molecule has 2 aromatic rings. The fourth-order valence-electron chi connectivity index (χ4n) is 5.12. The van der Waals surface area contributed by atoms with Crippen LogP contribution in [0.1, 0.15) is 51.4 Å². The van der Waals surface area contributed by atoms with Crippen molar-refractivity contribution >= 4 is 22.8 Å². The average Bonchev–Trinajstić information content (AvgIpc) is 3.21. The van der Waals surface area contributed by atoms with Gasteiger partial charge in [0, 0.05) is 39.3 Å². The zero-order valence-electron chi connectivity index (χ0n) is 19.0. The minimum absolute atomic E-state index is 0.293. The molecule has 1 saturated heterocycles. The van der Waals surface area contributed by atoms with Crippen LogP contribution in [0.2, 0.25) is 0 Å². The molecule has 0 bridgehead atoms. The molecule has 170 valence electrons. The number of piperidine rings is 1. The van der Waals surface area contributed by atoms with Gasteiger partial charge in [0.05, 0.1) is 11.6 Å². The SMILES string of the molecule is CN=C(NCCNc1ncnc2c1cnn2C)NCC1(N2CCCCC2)CCCCC1. The van der Waals surface area contributed by atoms with E-state index in [4.69, 9.17) is 0 Å². The van der Waals surface area contributed by atoms with Crippen molar-refractivity contribution in [1.82, 2.24) is 35.3 Å². The van der Waals surface area contributed by atoms with E-state index in [-0.39, 0.29) is 0 Å². The Morgan fingerprint density at radius 1 is 1.03 bits per heavy atom. The summed E-state index contributed by atoms with van der Waals surface area (Å²) in [4.78, 5) is 15.9. The van der Waals surface area contributed by atoms with Crippen LogP contribution in [0.15, 0.2) is 17.5 Å². The molecule has 4 rings (SSSR count). The van der Waals surface area contributed by atoms with Crippen molar-refractivity contribution in [3.63, 3.8) is 0 Å². The number of aryl methyl sites for hydroxylation is 1. The van der Waals surface area contributed by atoms with Crippen LogP contribution < -0.4 is 16.0 Å². The number of likely N-dealkylation sites (tertiary alicyclic amines) is 1. The van der Waals surface area contributed by atoms with Crippen LogP contribution in [0.4, 0.5) is 5.82 Å². The number of guanidine groups is 1. The topological polar surface area (TPSA) is 95.3 Å². The molecule has 0 unspecified atom stereocenters. The smallest absolute Gasteiger partial charge is 0.191 e. The number of fused-ring (bicyclic) bond motifs is 1. The van der Waals surface area contributed by atoms with E-state index in [2.05, 4.69) is 40.9 Å². The maximum Gasteiger partial charge on any atom is 0.191 e. The van der Waals surface area contributed by atoms with E-state index in [0.717, 1.165) is 42.4 Å². The highest BCUT2D eigenvalue weighted by molar-refractivity contribution is 5.86. The second-order valence-corrected chi connectivity index (χ2v) is 8.84. The molecule has 31 heavy (non-hydrogen) atoms. The number of rotatable bonds is 7. The molecule has 0 spiro atoms. The van der Waals surface area contributed by atoms with Gasteiger partial charge in [0.1, 0.15) is 12.1 Å². The molecule has 0 aromatic carbocycles. The highest BCUT2D eigenvalue weighted by Crippen LogP contribution is 2.35. The van der Waals surface area contributed by atoms with Gasteiger partial charge in [0.2, 0.25) is 0 Å². The first kappa shape index (κ1) is 21.8. The lowest BCUT2D eigenvalue weighted by molar-refractivity contribution is 0.0368. The van der Waals surface area contributed by atoms with E-state index in [0.29, 0.717) is 5.54 Å². The van der Waals surface area contributed by atoms with Crippen molar-refractivity contribution in [2.45, 2.75) is 56.9 Å². The predicted molar refractivity (Wildman–Crippen MR) is 125 cm³/mol. The summed E-state index contributed by atoms with van der Waals surface area (Å²) in [5, 5.41) is 15.7. The maximum absolute atomic E-state index is 4.46. The van der Waals surface area contributed by atoms with Gasteiger partial charge in [0.25, 0.3) is 0 Å². The second-order valence-electron chi connectivity index (χ2n) is 8.84. The highest BCUT2D eigenvalue weighted by Gasteiger charge is 2.38. The summed E-state index contributed by atoms with van der Waals surface area (Å²) in [6, 6.07) is 0. The largest absolute Gasteiger partial charge is 0.368 e. The van der Waals surface area contributed by atoms with Gasteiger partial charge in [-0.05, 0) is 38.8 Å². The molecule has 2 aliphatic rings. The van der Waals surface area contributed by atoms with Crippen LogP contribution >= 0.6 is 0 Å². The Labute approximate surface area is 185 Å². The zero-order valence-corrected chi connectivity index (χ0v) is 19.0. The molecule has 0 radical (unpaired) electrons. The summed E-state index contributed by atoms with van der Waals surface area (Å²) >= 11 is 0. The number of anilines is 1. The van der Waals surface area contributed by atoms with Gasteiger partial charge in [-0.1, -0.05) is 25.7 Å². The number of nitrogens with zero attached hydrogens (tertiary/aromatic N) is 6. The van der Waals surface area contributed by atoms with Crippen molar-refractivity contribution < 1.29 is 0 Å². The van der Waals surface area contributed by atoms with Crippen LogP contribution in [-0.4, -0.2) is 75.9 Å². The van der Waals surface area contributed by atoms with Gasteiger partial charge in [-0.25, -0.2) is 9.97 Å². The zero-order chi connectivity index (χ0) is 21.5. The van der Waals surface area contributed by atoms with Crippen LogP contribution in [0.25, 0.3) is 11.0 Å². The Hall–Kier alpha value is -2.42. The first-order chi connectivity index (χ1) is 15.2. The van der Waals surface area contributed by atoms with Crippen molar-refractivity contribution in [3.05, 3.63) is 12.5 Å². The van der Waals surface area contributed by atoms with Crippen molar-refractivity contribution in [2.24, 2.45) is 12.0 Å². The molecular formula is C22H37N9. The molecule has 1 saturated carbocycles. The lowest BCUT2D eigenvalue weighted by Crippen LogP contribution is -2.59. The molecule has 1 aliphatic carbocycles. The quantitative estimate of drug-likeness (QED) is 0.354. The van der Waals surface area contributed by atoms with Crippen molar-refractivity contribution in [1.29, 1.82) is 0 Å². The fourth-order valence-corrected chi connectivity index (χ4v) is 5.12. The van der Waals surface area contributed by atoms with E-state index in [1.807, 2.05) is 14.1 Å². The van der Waals surface area contributed by atoms with E-state index in [9.17, 15) is 0 Å². The molecule has 9 heteroatoms. The van der Waals surface area contributed by atoms with Crippen LogP contribution in [-0.2, 0) is 7.05 Å². The second kappa shape index (κ2) is 10.3. The van der Waals surface area contributed by atoms with Crippen molar-refractivity contribution in [2.75, 3.05) is 45.1 Å². The summed E-state index contributed by atoms with van der Waals surface area (Å²) in [5.74, 6) is 1.69. The Bertz CT molecular complexity index is 863. The van der Waals surface area contributed by atoms with Gasteiger partial charge >= 0.3 is 0 Å². The number of hydrogen-bond donors (Lipinski definition) is 3. The number of hydrogen-bond acceptors (Lipinski definition) is 6. The predicted octanol–water partition coefficient (Wildman–Crippen LogP) is 2.13. The number of aromatic nitrogens is 4. The normalized spacial score (nSPS) is 20.0. The van der Waals surface area contributed by atoms with E-state index in [1.54, 1.807) is 17.2 Å². The molecule has 0 amide bonds. The summed E-state index contributed by atoms with van der Waals surface area (Å²) in [5.41, 5.74) is 1.12. The molecule has 2 fully saturated rings. The molecule has 0 atom stereocenters. The molecule has 3 heterocycles. The average molecular weight is 428 g/mol. The first-order valence-electron chi connectivity index (χ1n) is 11.8. The Morgan fingerprint density at radius 3 is 2.58 bits per heavy atom. The monoisotopic (exact) mass is 427 g/mol. The third-order valence-electron chi connectivity index (χ3n) is 6.86. The first-order valence-corrected chi connectivity index (χ1v) is 11.8. The minimum Gasteiger partial charge on any atom is -0.368 e. The van der Waals surface area contributed by atoms with E-state index < -0.39 is 0 Å². The molecule has 2 aromatic heterocycles. The molecule has 1 aliphatic heterocycles. The Morgan fingerprint density at radius 2 is 1.81 bits per heavy atom. The third-order valence-corrected chi connectivity index (χ3v) is 6.86. The number of nitrogens with one attached hydrogen (secondary N) is 3. The van der Waals surface area contributed by atoms with Gasteiger partial charge in [-0.2, -0.15) is 5.10 Å². The molecule has 3 N–H and O–H groups in total. The van der Waals surface area contributed by atoms with Gasteiger partial charge < -0.3 is 16.0 Å². The lowest BCUT2D eigenvalue weighted by Gasteiger charge is -2.48. The lowest BCUT2D eigenvalue weighted by atomic mass is 9.79. The highest BCUT2D eigenvalue weighted by atomic mass is 15.3. The Kier molecular flexibility index (Phi) is 7.21. The molecular weight excluding hydrogens is 390 g/mol. The van der Waals surface area contributed by atoms with Crippen molar-refractivity contribution in [3.8, 4) is 0 Å². The van der Waals surface area contributed by atoms with Crippen LogP contribution in [0.5, 0.6) is 0 Å². The van der Waals surface area contributed by atoms with Crippen LogP contribution in [0.3, 0.4) is 0 Å². The molecule has 9 nitrogen and oxygen atoms in total. The summed E-state index contributed by atoms with van der Waals surface area (Å²) in [6.07, 6.45) is 14.1. The summed E-state index contributed by atoms with van der Waals surface area (Å²) in [7, 11) is 3.74. The standard InChI is InChI=1S/C22H37N9/c1-23-21(25-12-11-24-19-18-15-29-30(2)20(18)28-17-27-19)26-16-22(9-5-3-6-10-22)31-13-7-4-8-14-31/h15,17H,3-14,16H2,1-2H3,(H2,23,25,26)(H,24,27,28). The number of aliphatic imine (C=N–C) groups is 1. The minimum atomic E-state index is 0.293. The Balaban J connectivity index is 1.28. The van der Waals surface area contributed by atoms with Crippen LogP contribution in [0, 0.1) is 0 Å². The van der Waals surface area contributed by atoms with E-state index in [1.165, 1.54) is 64.5 Å². The fraction of sp³-hybridized carbons (Fsp3) is 0.727. The van der Waals surface area contributed by atoms with Gasteiger partial charge in [0.15, 0.2) is 11.6 Å². The summed E-state index contributed by atoms with van der Waals surface area (Å²) < 4.78 is 1.76. The van der Waals surface area contributed by atoms with Gasteiger partial charge in [-0.3, -0.25) is 14.6 Å².